The van der Waals surface area contributed by atoms with E-state index in [0.717, 1.165) is 0 Å². The lowest BCUT2D eigenvalue weighted by atomic mass is 9.54. The van der Waals surface area contributed by atoms with Crippen LogP contribution < -0.4 is 0 Å². The van der Waals surface area contributed by atoms with Gasteiger partial charge in [0.2, 0.25) is 0 Å². The van der Waals surface area contributed by atoms with E-state index in [1.807, 2.05) is 0 Å². The van der Waals surface area contributed by atoms with Crippen molar-refractivity contribution in [3.8, 4) is 0 Å². The second-order valence-electron chi connectivity index (χ2n) is 7.83. The molecule has 0 aromatic rings. The van der Waals surface area contributed by atoms with Crippen molar-refractivity contribution >= 4 is 34.1 Å². The third-order valence-corrected chi connectivity index (χ3v) is 6.34. The molecule has 2 unspecified atom stereocenters. The number of rotatable bonds is 4. The third-order valence-electron chi connectivity index (χ3n) is 6.19. The lowest BCUT2D eigenvalue weighted by Gasteiger charge is -2.57. The highest BCUT2D eigenvalue weighted by Crippen LogP contribution is 2.68. The number of hydrogen-bond donors (Lipinski definition) is 2. The number of hydrogen-bond acceptors (Lipinski definition) is 6. The van der Waals surface area contributed by atoms with Crippen molar-refractivity contribution in [3.05, 3.63) is 0 Å². The summed E-state index contributed by atoms with van der Waals surface area (Å²) in [7, 11) is 0. The molecule has 0 radical (unpaired) electrons. The predicted octanol–water partition coefficient (Wildman–Crippen LogP) is 5.61. The van der Waals surface area contributed by atoms with Crippen LogP contribution in [-0.4, -0.2) is 45.0 Å². The minimum Gasteiger partial charge on any atom is -0.410 e. The summed E-state index contributed by atoms with van der Waals surface area (Å²) in [6, 6.07) is 0. The zero-order chi connectivity index (χ0) is 23.9. The van der Waals surface area contributed by atoms with Crippen molar-refractivity contribution in [1.29, 1.82) is 0 Å². The Kier molecular flexibility index (Phi) is 7.42. The van der Waals surface area contributed by atoms with Crippen LogP contribution in [0.4, 0.5) is 35.9 Å². The lowest BCUT2D eigenvalue weighted by molar-refractivity contribution is -0.434. The highest BCUT2D eigenvalue weighted by atomic mass is 35.5. The number of halogens is 8. The van der Waals surface area contributed by atoms with Crippen LogP contribution in [0.3, 0.4) is 0 Å². The Balaban J connectivity index is 2.87. The Morgan fingerprint density at radius 1 is 0.774 bits per heavy atom. The van der Waals surface area contributed by atoms with Crippen molar-refractivity contribution in [2.24, 2.45) is 17.3 Å². The maximum atomic E-state index is 14.5. The first kappa shape index (κ1) is 26.3. The van der Waals surface area contributed by atoms with Gasteiger partial charge < -0.3 is 19.7 Å². The average Bonchev–Trinajstić information content (AvgIpc) is 2.54. The van der Waals surface area contributed by atoms with Crippen LogP contribution in [0, 0.1) is 17.3 Å². The van der Waals surface area contributed by atoms with Gasteiger partial charge in [0.05, 0.1) is 5.92 Å². The summed E-state index contributed by atoms with van der Waals surface area (Å²) in [5, 5.41) is 20.5. The van der Waals surface area contributed by atoms with E-state index in [-0.39, 0.29) is 25.7 Å². The molecule has 0 amide bonds. The number of alkyl halides is 6. The minimum absolute atomic E-state index is 0.0154. The van der Waals surface area contributed by atoms with Gasteiger partial charge >= 0.3 is 23.2 Å². The van der Waals surface area contributed by atoms with Crippen LogP contribution >= 0.6 is 23.2 Å². The Bertz CT molecular complexity index is 666. The van der Waals surface area contributed by atoms with Gasteiger partial charge in [0.15, 0.2) is 11.2 Å². The molecule has 2 rings (SSSR count). The molecule has 2 aliphatic carbocycles. The highest BCUT2D eigenvalue weighted by Gasteiger charge is 2.83. The molecule has 2 aliphatic rings. The van der Waals surface area contributed by atoms with Gasteiger partial charge in [-0.25, -0.2) is 9.59 Å². The molecule has 0 bridgehead atoms. The van der Waals surface area contributed by atoms with Gasteiger partial charge in [-0.1, -0.05) is 12.8 Å². The Labute approximate surface area is 182 Å². The predicted molar refractivity (Wildman–Crippen MR) is 93.0 cm³/mol. The molecule has 0 spiro atoms. The second kappa shape index (κ2) is 8.75. The topological polar surface area (TPSA) is 93.1 Å². The van der Waals surface area contributed by atoms with Gasteiger partial charge in [-0.05, 0) is 25.7 Å². The third kappa shape index (κ3) is 4.72. The SMILES string of the molecule is O=C(Cl)OC1(OC(=O)Cl)CCCCC1C(C1CCCCC1(O)O)(C(F)(F)F)C(F)(F)F. The molecule has 0 saturated heterocycles. The van der Waals surface area contributed by atoms with E-state index in [1.54, 1.807) is 0 Å². The zero-order valence-electron chi connectivity index (χ0n) is 15.9. The fourth-order valence-electron chi connectivity index (χ4n) is 5.15. The molecular weight excluding hydrogens is 485 g/mol. The van der Waals surface area contributed by atoms with Crippen molar-refractivity contribution in [3.63, 3.8) is 0 Å². The van der Waals surface area contributed by atoms with Crippen molar-refractivity contribution in [2.45, 2.75) is 75.3 Å². The molecule has 180 valence electrons. The van der Waals surface area contributed by atoms with Crippen LogP contribution in [0.25, 0.3) is 0 Å². The van der Waals surface area contributed by atoms with Crippen LogP contribution in [-0.2, 0) is 9.47 Å². The standard InChI is InChI=1S/C17H20Cl2F6O6/c18-11(26)30-14(31-12(19)27)8-4-2-6-10(14)15(16(20,21)22,17(23,24)25)9-5-1-3-7-13(9,28)29/h9-10,28-29H,1-8H2. The Morgan fingerprint density at radius 3 is 1.58 bits per heavy atom. The summed E-state index contributed by atoms with van der Waals surface area (Å²) >= 11 is 10.2. The van der Waals surface area contributed by atoms with Gasteiger partial charge in [-0.2, -0.15) is 26.3 Å². The summed E-state index contributed by atoms with van der Waals surface area (Å²) in [6.45, 7) is 0. The van der Waals surface area contributed by atoms with Crippen LogP contribution in [0.15, 0.2) is 0 Å². The highest BCUT2D eigenvalue weighted by molar-refractivity contribution is 6.61. The van der Waals surface area contributed by atoms with Crippen LogP contribution in [0.5, 0.6) is 0 Å². The van der Waals surface area contributed by atoms with Gasteiger partial charge in [0.1, 0.15) is 0 Å². The molecule has 0 aliphatic heterocycles. The largest absolute Gasteiger partial charge is 0.410 e. The van der Waals surface area contributed by atoms with Crippen molar-refractivity contribution < 1.29 is 55.6 Å². The van der Waals surface area contributed by atoms with Gasteiger partial charge in [-0.3, -0.25) is 0 Å². The van der Waals surface area contributed by atoms with E-state index >= 15 is 0 Å². The van der Waals surface area contributed by atoms with Crippen LogP contribution in [0.1, 0.15) is 51.4 Å². The maximum Gasteiger partial charge on any atom is 0.407 e. The summed E-state index contributed by atoms with van der Waals surface area (Å²) in [6.07, 6.45) is -15.9. The number of carbonyl (C=O) groups is 2. The molecule has 2 saturated carbocycles. The molecule has 6 nitrogen and oxygen atoms in total. The van der Waals surface area contributed by atoms with E-state index in [1.165, 1.54) is 0 Å². The summed E-state index contributed by atoms with van der Waals surface area (Å²) < 4.78 is 96.3. The number of ether oxygens (including phenoxy) is 2. The molecule has 2 N–H and O–H groups in total. The number of aliphatic hydroxyl groups is 2. The van der Waals surface area contributed by atoms with E-state index in [4.69, 9.17) is 23.2 Å². The molecule has 14 heteroatoms. The second-order valence-corrected chi connectivity index (χ2v) is 8.45. The molecule has 0 aromatic carbocycles. The zero-order valence-corrected chi connectivity index (χ0v) is 17.4. The average molecular weight is 505 g/mol. The first-order chi connectivity index (χ1) is 14.0. The Hall–Kier alpha value is -0.980. The smallest absolute Gasteiger partial charge is 0.407 e. The molecule has 2 atom stereocenters. The molecule has 31 heavy (non-hydrogen) atoms. The van der Waals surface area contributed by atoms with E-state index in [0.29, 0.717) is 0 Å². The first-order valence-corrected chi connectivity index (χ1v) is 10.1. The van der Waals surface area contributed by atoms with Crippen molar-refractivity contribution in [2.75, 3.05) is 0 Å². The van der Waals surface area contributed by atoms with Crippen molar-refractivity contribution in [1.82, 2.24) is 0 Å². The summed E-state index contributed by atoms with van der Waals surface area (Å²) in [5.41, 5.74) is -8.44. The Morgan fingerprint density at radius 2 is 1.19 bits per heavy atom. The summed E-state index contributed by atoms with van der Waals surface area (Å²) in [4.78, 5) is 22.8. The van der Waals surface area contributed by atoms with E-state index in [2.05, 4.69) is 9.47 Å². The molecular formula is C17H20Cl2F6O6. The lowest BCUT2D eigenvalue weighted by Crippen LogP contribution is -2.70. The minimum atomic E-state index is -6.12. The van der Waals surface area contributed by atoms with E-state index < -0.39 is 77.7 Å². The number of carbonyl (C=O) groups excluding carboxylic acids is 2. The quantitative estimate of drug-likeness (QED) is 0.294. The van der Waals surface area contributed by atoms with Gasteiger partial charge in [0, 0.05) is 42.0 Å². The fourth-order valence-corrected chi connectivity index (χ4v) is 5.41. The van der Waals surface area contributed by atoms with E-state index in [9.17, 15) is 46.1 Å². The normalized spacial score (nSPS) is 26.8. The van der Waals surface area contributed by atoms with Crippen LogP contribution in [0.2, 0.25) is 0 Å². The molecule has 2 fully saturated rings. The molecule has 0 heterocycles. The maximum absolute atomic E-state index is 14.5. The summed E-state index contributed by atoms with van der Waals surface area (Å²) in [5.74, 6) is -12.0. The monoisotopic (exact) mass is 504 g/mol. The first-order valence-electron chi connectivity index (χ1n) is 9.36. The van der Waals surface area contributed by atoms with Gasteiger partial charge in [-0.15, -0.1) is 0 Å². The molecule has 0 aromatic heterocycles. The fraction of sp³-hybridized carbons (Fsp3) is 0.882. The van der Waals surface area contributed by atoms with Gasteiger partial charge in [0.25, 0.3) is 5.79 Å².